The number of carbonyl (C=O) groups is 1. The van der Waals surface area contributed by atoms with Gasteiger partial charge in [0, 0.05) is 24.5 Å². The van der Waals surface area contributed by atoms with E-state index in [1.165, 1.54) is 25.8 Å². The second kappa shape index (κ2) is 7.62. The molecule has 0 bridgehead atoms. The van der Waals surface area contributed by atoms with Crippen LogP contribution < -0.4 is 10.9 Å². The summed E-state index contributed by atoms with van der Waals surface area (Å²) in [5.41, 5.74) is 1.24. The van der Waals surface area contributed by atoms with E-state index >= 15 is 0 Å². The van der Waals surface area contributed by atoms with E-state index in [0.717, 1.165) is 30.4 Å². The Morgan fingerprint density at radius 2 is 2.17 bits per heavy atom. The van der Waals surface area contributed by atoms with E-state index in [9.17, 15) is 9.59 Å². The number of benzene rings is 1. The van der Waals surface area contributed by atoms with Crippen molar-refractivity contribution in [3.8, 4) is 0 Å². The van der Waals surface area contributed by atoms with Gasteiger partial charge in [0.2, 0.25) is 0 Å². The molecule has 0 spiro atoms. The fraction of sp³-hybridized carbons (Fsp3) is 0.474. The van der Waals surface area contributed by atoms with Gasteiger partial charge in [0.15, 0.2) is 6.29 Å². The molecule has 1 aromatic heterocycles. The Hall–Kier alpha value is -2.14. The number of H-pyrrole nitrogens is 1. The van der Waals surface area contributed by atoms with Crippen molar-refractivity contribution in [3.05, 3.63) is 40.2 Å². The van der Waals surface area contributed by atoms with Gasteiger partial charge >= 0.3 is 0 Å². The Bertz CT molecular complexity index is 769. The predicted molar refractivity (Wildman–Crippen MR) is 97.9 cm³/mol. The normalized spacial score (nSPS) is 18.6. The van der Waals surface area contributed by atoms with Gasteiger partial charge in [-0.1, -0.05) is 24.6 Å². The minimum absolute atomic E-state index is 0.181. The van der Waals surface area contributed by atoms with Crippen LogP contribution in [0.5, 0.6) is 0 Å². The molecular formula is C19H25N3O2. The number of aldehydes is 1. The molecule has 0 saturated carbocycles. The molecule has 2 heterocycles. The van der Waals surface area contributed by atoms with Crippen molar-refractivity contribution in [1.82, 2.24) is 9.88 Å². The molecule has 1 aliphatic rings. The highest BCUT2D eigenvalue weighted by Crippen LogP contribution is 2.23. The van der Waals surface area contributed by atoms with Crippen molar-refractivity contribution in [1.29, 1.82) is 0 Å². The van der Waals surface area contributed by atoms with E-state index in [-0.39, 0.29) is 11.1 Å². The number of para-hydroxylation sites is 1. The second-order valence-electron chi connectivity index (χ2n) is 6.57. The molecular weight excluding hydrogens is 302 g/mol. The SMILES string of the molecule is C[C@H]1CCCCN1CCCNc1c(C=O)c(=O)[nH]c2ccccc12. The lowest BCUT2D eigenvalue weighted by molar-refractivity contribution is 0.112. The topological polar surface area (TPSA) is 65.2 Å². The molecule has 0 amide bonds. The Morgan fingerprint density at radius 1 is 1.33 bits per heavy atom. The van der Waals surface area contributed by atoms with Crippen LogP contribution >= 0.6 is 0 Å². The summed E-state index contributed by atoms with van der Waals surface area (Å²) in [6.07, 6.45) is 5.52. The number of pyridine rings is 1. The number of aromatic nitrogens is 1. The first kappa shape index (κ1) is 16.7. The largest absolute Gasteiger partial charge is 0.384 e. The van der Waals surface area contributed by atoms with Gasteiger partial charge in [-0.05, 0) is 38.8 Å². The Kier molecular flexibility index (Phi) is 5.30. The van der Waals surface area contributed by atoms with Gasteiger partial charge < -0.3 is 15.2 Å². The summed E-state index contributed by atoms with van der Waals surface area (Å²) in [7, 11) is 0. The maximum atomic E-state index is 12.1. The maximum absolute atomic E-state index is 12.1. The molecule has 1 aliphatic heterocycles. The molecule has 128 valence electrons. The maximum Gasteiger partial charge on any atom is 0.261 e. The lowest BCUT2D eigenvalue weighted by Crippen LogP contribution is -2.38. The fourth-order valence-corrected chi connectivity index (χ4v) is 3.55. The molecule has 1 saturated heterocycles. The zero-order chi connectivity index (χ0) is 16.9. The first-order valence-electron chi connectivity index (χ1n) is 8.79. The van der Waals surface area contributed by atoms with Crippen LogP contribution in [0.2, 0.25) is 0 Å². The van der Waals surface area contributed by atoms with Gasteiger partial charge in [-0.3, -0.25) is 9.59 Å². The minimum atomic E-state index is -0.337. The molecule has 5 heteroatoms. The number of likely N-dealkylation sites (tertiary alicyclic amines) is 1. The summed E-state index contributed by atoms with van der Waals surface area (Å²) in [6, 6.07) is 8.22. The van der Waals surface area contributed by atoms with Crippen molar-refractivity contribution < 1.29 is 4.79 Å². The third-order valence-electron chi connectivity index (χ3n) is 4.94. The van der Waals surface area contributed by atoms with Crippen LogP contribution in [0.1, 0.15) is 43.0 Å². The number of aromatic amines is 1. The summed E-state index contributed by atoms with van der Waals surface area (Å²) in [4.78, 5) is 28.7. The van der Waals surface area contributed by atoms with Crippen LogP contribution in [0.3, 0.4) is 0 Å². The molecule has 1 atom stereocenters. The van der Waals surface area contributed by atoms with Gasteiger partial charge in [0.1, 0.15) is 5.56 Å². The number of fused-ring (bicyclic) bond motifs is 1. The van der Waals surface area contributed by atoms with Crippen molar-refractivity contribution in [2.45, 2.75) is 38.6 Å². The number of carbonyl (C=O) groups excluding carboxylic acids is 1. The molecule has 0 aliphatic carbocycles. The highest BCUT2D eigenvalue weighted by Gasteiger charge is 2.17. The zero-order valence-corrected chi connectivity index (χ0v) is 14.2. The first-order chi connectivity index (χ1) is 11.7. The third kappa shape index (κ3) is 3.51. The quantitative estimate of drug-likeness (QED) is 0.632. The van der Waals surface area contributed by atoms with Crippen LogP contribution in [-0.4, -0.2) is 41.8 Å². The Balaban J connectivity index is 1.70. The van der Waals surface area contributed by atoms with Crippen LogP contribution in [0.25, 0.3) is 10.9 Å². The van der Waals surface area contributed by atoms with E-state index in [1.54, 1.807) is 0 Å². The number of nitrogens with zero attached hydrogens (tertiary/aromatic N) is 1. The number of piperidine rings is 1. The van der Waals surface area contributed by atoms with Crippen molar-refractivity contribution in [2.24, 2.45) is 0 Å². The number of nitrogens with one attached hydrogen (secondary N) is 2. The molecule has 1 fully saturated rings. The average Bonchev–Trinajstić information content (AvgIpc) is 2.59. The molecule has 0 radical (unpaired) electrons. The summed E-state index contributed by atoms with van der Waals surface area (Å²) >= 11 is 0. The van der Waals surface area contributed by atoms with E-state index < -0.39 is 0 Å². The lowest BCUT2D eigenvalue weighted by atomic mass is 10.0. The molecule has 2 aromatic rings. The van der Waals surface area contributed by atoms with E-state index in [4.69, 9.17) is 0 Å². The summed E-state index contributed by atoms with van der Waals surface area (Å²) in [6.45, 7) is 5.26. The van der Waals surface area contributed by atoms with Crippen molar-refractivity contribution in [3.63, 3.8) is 0 Å². The van der Waals surface area contributed by atoms with Gasteiger partial charge in [-0.15, -0.1) is 0 Å². The van der Waals surface area contributed by atoms with E-state index in [1.807, 2.05) is 24.3 Å². The smallest absolute Gasteiger partial charge is 0.261 e. The third-order valence-corrected chi connectivity index (χ3v) is 4.94. The summed E-state index contributed by atoms with van der Waals surface area (Å²) in [5.74, 6) is 0. The molecule has 5 nitrogen and oxygen atoms in total. The van der Waals surface area contributed by atoms with Gasteiger partial charge in [0.05, 0.1) is 11.2 Å². The predicted octanol–water partition coefficient (Wildman–Crippen LogP) is 3.02. The second-order valence-corrected chi connectivity index (χ2v) is 6.57. The minimum Gasteiger partial charge on any atom is -0.384 e. The Labute approximate surface area is 142 Å². The molecule has 3 rings (SSSR count). The van der Waals surface area contributed by atoms with E-state index in [0.29, 0.717) is 18.0 Å². The number of hydrogen-bond donors (Lipinski definition) is 2. The summed E-state index contributed by atoms with van der Waals surface area (Å²) in [5, 5.41) is 4.20. The number of anilines is 1. The average molecular weight is 327 g/mol. The highest BCUT2D eigenvalue weighted by atomic mass is 16.1. The summed E-state index contributed by atoms with van der Waals surface area (Å²) < 4.78 is 0. The van der Waals surface area contributed by atoms with Crippen molar-refractivity contribution >= 4 is 22.9 Å². The van der Waals surface area contributed by atoms with Gasteiger partial charge in [-0.2, -0.15) is 0 Å². The van der Waals surface area contributed by atoms with Crippen LogP contribution in [0.4, 0.5) is 5.69 Å². The standard InChI is InChI=1S/C19H25N3O2/c1-14-7-4-5-11-22(14)12-6-10-20-18-15-8-2-3-9-17(15)21-19(24)16(18)13-23/h2-3,8-9,13-14H,4-7,10-12H2,1H3,(H2,20,21,24)/t14-/m0/s1. The van der Waals surface area contributed by atoms with Crippen LogP contribution in [-0.2, 0) is 0 Å². The zero-order valence-electron chi connectivity index (χ0n) is 14.2. The lowest BCUT2D eigenvalue weighted by Gasteiger charge is -2.33. The molecule has 0 unspecified atom stereocenters. The molecule has 2 N–H and O–H groups in total. The van der Waals surface area contributed by atoms with E-state index in [2.05, 4.69) is 22.1 Å². The monoisotopic (exact) mass is 327 g/mol. The molecule has 24 heavy (non-hydrogen) atoms. The van der Waals surface area contributed by atoms with Crippen LogP contribution in [0.15, 0.2) is 29.1 Å². The Morgan fingerprint density at radius 3 is 2.96 bits per heavy atom. The fourth-order valence-electron chi connectivity index (χ4n) is 3.55. The van der Waals surface area contributed by atoms with Gasteiger partial charge in [0.25, 0.3) is 5.56 Å². The highest BCUT2D eigenvalue weighted by molar-refractivity contribution is 5.99. The molecule has 1 aromatic carbocycles. The van der Waals surface area contributed by atoms with Crippen molar-refractivity contribution in [2.75, 3.05) is 25.0 Å². The number of hydrogen-bond acceptors (Lipinski definition) is 4. The van der Waals surface area contributed by atoms with Crippen LogP contribution in [0, 0.1) is 0 Å². The van der Waals surface area contributed by atoms with Gasteiger partial charge in [-0.25, -0.2) is 0 Å². The number of rotatable bonds is 6. The first-order valence-corrected chi connectivity index (χ1v) is 8.79.